The van der Waals surface area contributed by atoms with Crippen LogP contribution in [0, 0.1) is 11.7 Å². The normalized spacial score (nSPS) is 21.9. The second-order valence-corrected chi connectivity index (χ2v) is 9.52. The Kier molecular flexibility index (Phi) is 8.36. The molecule has 2 amide bonds. The number of nitrogens with zero attached hydrogens (tertiary/aromatic N) is 1. The maximum atomic E-state index is 13.3. The van der Waals surface area contributed by atoms with E-state index in [1.807, 2.05) is 24.3 Å². The second kappa shape index (κ2) is 11.6. The van der Waals surface area contributed by atoms with Crippen molar-refractivity contribution in [2.24, 2.45) is 11.7 Å². The lowest BCUT2D eigenvalue weighted by Gasteiger charge is -2.33. The number of nitrogens with one attached hydrogen (secondary N) is 1. The molecule has 0 spiro atoms. The monoisotopic (exact) mass is 483 g/mol. The van der Waals surface area contributed by atoms with Gasteiger partial charge in [-0.1, -0.05) is 49.2 Å². The van der Waals surface area contributed by atoms with Crippen LogP contribution < -0.4 is 11.1 Å². The summed E-state index contributed by atoms with van der Waals surface area (Å²) in [5, 5.41) is 13.0. The second-order valence-electron chi connectivity index (χ2n) is 9.52. The van der Waals surface area contributed by atoms with Crippen molar-refractivity contribution in [1.82, 2.24) is 10.2 Å². The van der Waals surface area contributed by atoms with Gasteiger partial charge in [0.05, 0.1) is 6.04 Å². The lowest BCUT2D eigenvalue weighted by atomic mass is 9.74. The number of halogens is 1. The number of rotatable bonds is 7. The van der Waals surface area contributed by atoms with Gasteiger partial charge in [0.25, 0.3) is 0 Å². The molecule has 0 bridgehead atoms. The lowest BCUT2D eigenvalue weighted by molar-refractivity contribution is -0.128. The van der Waals surface area contributed by atoms with Crippen LogP contribution in [0.15, 0.2) is 48.5 Å². The molecule has 1 unspecified atom stereocenters. The van der Waals surface area contributed by atoms with Gasteiger partial charge in [-0.2, -0.15) is 0 Å². The van der Waals surface area contributed by atoms with Gasteiger partial charge in [-0.15, -0.1) is 0 Å². The molecule has 0 aromatic heterocycles. The van der Waals surface area contributed by atoms with E-state index < -0.39 is 18.1 Å². The summed E-state index contributed by atoms with van der Waals surface area (Å²) < 4.78 is 18.8. The fourth-order valence-corrected chi connectivity index (χ4v) is 5.14. The minimum Gasteiger partial charge on any atom is -0.445 e. The summed E-state index contributed by atoms with van der Waals surface area (Å²) in [5.74, 6) is -0.790. The van der Waals surface area contributed by atoms with E-state index in [1.165, 1.54) is 24.3 Å². The van der Waals surface area contributed by atoms with Crippen LogP contribution in [0.5, 0.6) is 0 Å². The summed E-state index contributed by atoms with van der Waals surface area (Å²) in [6, 6.07) is 12.7. The minimum atomic E-state index is -1.31. The molecule has 4 N–H and O–H groups in total. The highest BCUT2D eigenvalue weighted by Crippen LogP contribution is 2.38. The number of carbonyl (C=O) groups excluding carboxylic acids is 2. The van der Waals surface area contributed by atoms with Gasteiger partial charge in [0.1, 0.15) is 18.7 Å². The van der Waals surface area contributed by atoms with Crippen LogP contribution in [0.2, 0.25) is 0 Å². The summed E-state index contributed by atoms with van der Waals surface area (Å²) in [5.41, 5.74) is 8.26. The first kappa shape index (κ1) is 25.1. The molecule has 0 radical (unpaired) electrons. The van der Waals surface area contributed by atoms with Crippen molar-refractivity contribution in [1.29, 1.82) is 0 Å². The van der Waals surface area contributed by atoms with Crippen LogP contribution in [0.4, 0.5) is 9.18 Å². The molecule has 2 fully saturated rings. The van der Waals surface area contributed by atoms with E-state index in [9.17, 15) is 19.1 Å². The van der Waals surface area contributed by atoms with E-state index in [0.29, 0.717) is 5.56 Å². The molecule has 1 aliphatic heterocycles. The first-order valence-corrected chi connectivity index (χ1v) is 12.4. The Bertz CT molecular complexity index is 990. The van der Waals surface area contributed by atoms with Gasteiger partial charge in [0.2, 0.25) is 5.91 Å². The third-order valence-corrected chi connectivity index (χ3v) is 7.11. The number of hydrogen-bond acceptors (Lipinski definition) is 5. The Morgan fingerprint density at radius 2 is 1.69 bits per heavy atom. The van der Waals surface area contributed by atoms with E-state index in [4.69, 9.17) is 10.5 Å². The van der Waals surface area contributed by atoms with Gasteiger partial charge in [0.15, 0.2) is 0 Å². The largest absolute Gasteiger partial charge is 0.445 e. The highest BCUT2D eigenvalue weighted by molar-refractivity contribution is 5.80. The fourth-order valence-electron chi connectivity index (χ4n) is 5.14. The Morgan fingerprint density at radius 3 is 2.34 bits per heavy atom. The number of amides is 2. The smallest absolute Gasteiger partial charge is 0.410 e. The number of hydrogen-bond donors (Lipinski definition) is 3. The molecule has 1 heterocycles. The van der Waals surface area contributed by atoms with Crippen LogP contribution in [0.3, 0.4) is 0 Å². The maximum Gasteiger partial charge on any atom is 0.410 e. The molecule has 2 aliphatic rings. The Morgan fingerprint density at radius 1 is 1.03 bits per heavy atom. The van der Waals surface area contributed by atoms with Crippen LogP contribution in [0.1, 0.15) is 67.2 Å². The lowest BCUT2D eigenvalue weighted by Crippen LogP contribution is -2.44. The Balaban J connectivity index is 1.40. The molecule has 2 aromatic rings. The fraction of sp³-hybridized carbons (Fsp3) is 0.481. The highest BCUT2D eigenvalue weighted by Gasteiger charge is 2.34. The van der Waals surface area contributed by atoms with E-state index in [1.54, 1.807) is 4.90 Å². The first-order chi connectivity index (χ1) is 16.9. The Hall–Kier alpha value is -2.97. The summed E-state index contributed by atoms with van der Waals surface area (Å²) in [6.45, 7) is 1.73. The van der Waals surface area contributed by atoms with Crippen LogP contribution in [-0.2, 0) is 16.1 Å². The molecule has 7 nitrogen and oxygen atoms in total. The van der Waals surface area contributed by atoms with Gasteiger partial charge < -0.3 is 25.8 Å². The number of benzene rings is 2. The summed E-state index contributed by atoms with van der Waals surface area (Å²) >= 11 is 0. The zero-order valence-corrected chi connectivity index (χ0v) is 19.9. The van der Waals surface area contributed by atoms with Crippen LogP contribution in [-0.4, -0.2) is 41.3 Å². The van der Waals surface area contributed by atoms with Gasteiger partial charge in [-0.05, 0) is 60.4 Å². The predicted molar refractivity (Wildman–Crippen MR) is 130 cm³/mol. The number of aliphatic hydroxyl groups is 1. The number of aliphatic hydroxyl groups excluding tert-OH is 1. The predicted octanol–water partition coefficient (Wildman–Crippen LogP) is 3.97. The van der Waals surface area contributed by atoms with E-state index >= 15 is 0 Å². The Labute approximate surface area is 205 Å². The van der Waals surface area contributed by atoms with E-state index in [-0.39, 0.29) is 30.4 Å². The van der Waals surface area contributed by atoms with Crippen LogP contribution in [0.25, 0.3) is 0 Å². The zero-order valence-electron chi connectivity index (χ0n) is 19.9. The van der Waals surface area contributed by atoms with Crippen molar-refractivity contribution in [2.75, 3.05) is 13.1 Å². The van der Waals surface area contributed by atoms with Crippen molar-refractivity contribution < 1.29 is 23.8 Å². The highest BCUT2D eigenvalue weighted by atomic mass is 19.1. The van der Waals surface area contributed by atoms with Crippen molar-refractivity contribution in [3.8, 4) is 0 Å². The minimum absolute atomic E-state index is 0.0359. The van der Waals surface area contributed by atoms with Crippen molar-refractivity contribution in [3.05, 3.63) is 71.0 Å². The molecule has 8 heteroatoms. The van der Waals surface area contributed by atoms with Gasteiger partial charge in [0, 0.05) is 19.0 Å². The molecule has 4 rings (SSSR count). The zero-order chi connectivity index (χ0) is 24.8. The molecular weight excluding hydrogens is 449 g/mol. The SMILES string of the molecule is NC(O)[C@@H](NC(=O)[C@@H]1CCCC[C@H]1c1ccc(COC(=O)N2CCCC2)cc1)c1ccc(F)cc1. The number of ether oxygens (including phenoxy) is 1. The van der Waals surface area contributed by atoms with Gasteiger partial charge in [-0.25, -0.2) is 9.18 Å². The molecule has 1 saturated carbocycles. The first-order valence-electron chi connectivity index (χ1n) is 12.4. The molecule has 1 aliphatic carbocycles. The summed E-state index contributed by atoms with van der Waals surface area (Å²) in [7, 11) is 0. The average molecular weight is 484 g/mol. The quantitative estimate of drug-likeness (QED) is 0.517. The van der Waals surface area contributed by atoms with Crippen molar-refractivity contribution >= 4 is 12.0 Å². The number of nitrogens with two attached hydrogens (primary N) is 1. The summed E-state index contributed by atoms with van der Waals surface area (Å²) in [4.78, 5) is 27.1. The molecule has 4 atom stereocenters. The average Bonchev–Trinajstić information content (AvgIpc) is 3.42. The van der Waals surface area contributed by atoms with Crippen molar-refractivity contribution in [2.45, 2.75) is 63.3 Å². The molecular formula is C27H34FN3O4. The third kappa shape index (κ3) is 6.38. The topological polar surface area (TPSA) is 105 Å². The summed E-state index contributed by atoms with van der Waals surface area (Å²) in [6.07, 6.45) is 4.07. The number of carbonyl (C=O) groups is 2. The van der Waals surface area contributed by atoms with Gasteiger partial charge in [-0.3, -0.25) is 4.79 Å². The van der Waals surface area contributed by atoms with E-state index in [0.717, 1.165) is 62.7 Å². The third-order valence-electron chi connectivity index (χ3n) is 7.11. The van der Waals surface area contributed by atoms with Crippen LogP contribution >= 0.6 is 0 Å². The number of likely N-dealkylation sites (tertiary alicyclic amines) is 1. The molecule has 188 valence electrons. The molecule has 35 heavy (non-hydrogen) atoms. The molecule has 2 aromatic carbocycles. The standard InChI is InChI=1S/C27H34FN3O4/c28-21-13-11-20(12-14-21)24(25(29)32)30-26(33)23-6-2-1-5-22(23)19-9-7-18(8-10-19)17-35-27(34)31-15-3-4-16-31/h7-14,22-25,32H,1-6,15-17,29H2,(H,30,33)/t22-,23+,24-,25?/m0/s1. The molecule has 1 saturated heterocycles. The van der Waals surface area contributed by atoms with E-state index in [2.05, 4.69) is 5.32 Å². The maximum absolute atomic E-state index is 13.3. The van der Waals surface area contributed by atoms with Gasteiger partial charge >= 0.3 is 6.09 Å². The van der Waals surface area contributed by atoms with Crippen molar-refractivity contribution in [3.63, 3.8) is 0 Å².